The van der Waals surface area contributed by atoms with Crippen LogP contribution in [0.1, 0.15) is 17.3 Å². The van der Waals surface area contributed by atoms with E-state index in [-0.39, 0.29) is 5.78 Å². The molecular formula is C9H9N3O2. The minimum Gasteiger partial charge on any atom is -0.497 e. The standard InChI is InChI=1S/C9H9N3O2/c1-6(13)8-5-7(14-2)3-4-9(8)11-12-10/h3-5H,1-2H3. The molecule has 0 saturated carbocycles. The van der Waals surface area contributed by atoms with Gasteiger partial charge in [-0.3, -0.25) is 4.79 Å². The summed E-state index contributed by atoms with van der Waals surface area (Å²) in [6.07, 6.45) is 0. The maximum Gasteiger partial charge on any atom is 0.160 e. The number of methoxy groups -OCH3 is 1. The average Bonchev–Trinajstić information content (AvgIpc) is 2.18. The van der Waals surface area contributed by atoms with Gasteiger partial charge in [0.05, 0.1) is 7.11 Å². The van der Waals surface area contributed by atoms with Crippen LogP contribution in [0.4, 0.5) is 5.69 Å². The molecule has 0 saturated heterocycles. The first-order valence-corrected chi connectivity index (χ1v) is 3.93. The predicted octanol–water partition coefficient (Wildman–Crippen LogP) is 2.84. The zero-order valence-corrected chi connectivity index (χ0v) is 7.89. The fraction of sp³-hybridized carbons (Fsp3) is 0.222. The molecule has 1 aromatic carbocycles. The average molecular weight is 191 g/mol. The van der Waals surface area contributed by atoms with Crippen LogP contribution < -0.4 is 4.74 Å². The van der Waals surface area contributed by atoms with Crippen molar-refractivity contribution in [2.45, 2.75) is 6.92 Å². The fourth-order valence-corrected chi connectivity index (χ4v) is 1.06. The van der Waals surface area contributed by atoms with Gasteiger partial charge in [0.2, 0.25) is 0 Å². The van der Waals surface area contributed by atoms with E-state index in [2.05, 4.69) is 10.0 Å². The van der Waals surface area contributed by atoms with Crippen molar-refractivity contribution in [2.75, 3.05) is 7.11 Å². The molecule has 0 aliphatic heterocycles. The highest BCUT2D eigenvalue weighted by molar-refractivity contribution is 5.99. The molecule has 0 aliphatic rings. The van der Waals surface area contributed by atoms with Crippen LogP contribution in [0, 0.1) is 0 Å². The van der Waals surface area contributed by atoms with Gasteiger partial charge in [0.15, 0.2) is 5.78 Å². The van der Waals surface area contributed by atoms with Gasteiger partial charge in [0.1, 0.15) is 5.75 Å². The van der Waals surface area contributed by atoms with E-state index in [0.29, 0.717) is 17.0 Å². The number of azide groups is 1. The van der Waals surface area contributed by atoms with Gasteiger partial charge in [-0.15, -0.1) is 0 Å². The number of ketones is 1. The number of benzene rings is 1. The molecule has 0 bridgehead atoms. The second kappa shape index (κ2) is 4.30. The number of carbonyl (C=O) groups excluding carboxylic acids is 1. The second-order valence-corrected chi connectivity index (χ2v) is 2.63. The number of nitrogens with zero attached hydrogens (tertiary/aromatic N) is 3. The molecule has 0 atom stereocenters. The van der Waals surface area contributed by atoms with E-state index in [4.69, 9.17) is 10.3 Å². The molecule has 0 heterocycles. The molecule has 0 radical (unpaired) electrons. The van der Waals surface area contributed by atoms with Gasteiger partial charge in [-0.05, 0) is 30.7 Å². The molecule has 0 aliphatic carbocycles. The maximum atomic E-state index is 11.2. The molecule has 5 heteroatoms. The Bertz CT molecular complexity index is 409. The largest absolute Gasteiger partial charge is 0.497 e. The number of hydrogen-bond acceptors (Lipinski definition) is 3. The monoisotopic (exact) mass is 191 g/mol. The highest BCUT2D eigenvalue weighted by atomic mass is 16.5. The van der Waals surface area contributed by atoms with Crippen molar-refractivity contribution < 1.29 is 9.53 Å². The van der Waals surface area contributed by atoms with Crippen LogP contribution in [0.25, 0.3) is 10.4 Å². The maximum absolute atomic E-state index is 11.2. The van der Waals surface area contributed by atoms with E-state index in [1.807, 2.05) is 0 Å². The van der Waals surface area contributed by atoms with Gasteiger partial charge in [-0.2, -0.15) is 0 Å². The number of Topliss-reactive ketones (excluding diaryl/α,β-unsaturated/α-hetero) is 1. The normalized spacial score (nSPS) is 9.00. The number of ether oxygens (including phenoxy) is 1. The van der Waals surface area contributed by atoms with E-state index >= 15 is 0 Å². The molecule has 1 aromatic rings. The highest BCUT2D eigenvalue weighted by Gasteiger charge is 2.06. The lowest BCUT2D eigenvalue weighted by Gasteiger charge is -2.04. The Morgan fingerprint density at radius 2 is 2.29 bits per heavy atom. The highest BCUT2D eigenvalue weighted by Crippen LogP contribution is 2.24. The summed E-state index contributed by atoms with van der Waals surface area (Å²) in [7, 11) is 1.51. The first kappa shape index (κ1) is 10.1. The molecule has 72 valence electrons. The van der Waals surface area contributed by atoms with Crippen molar-refractivity contribution in [3.8, 4) is 5.75 Å². The first-order valence-electron chi connectivity index (χ1n) is 3.93. The summed E-state index contributed by atoms with van der Waals surface area (Å²) in [5.74, 6) is 0.401. The second-order valence-electron chi connectivity index (χ2n) is 2.63. The summed E-state index contributed by atoms with van der Waals surface area (Å²) in [5.41, 5.74) is 8.95. The molecule has 14 heavy (non-hydrogen) atoms. The Hall–Kier alpha value is -2.00. The van der Waals surface area contributed by atoms with Crippen molar-refractivity contribution in [1.29, 1.82) is 0 Å². The van der Waals surface area contributed by atoms with Crippen molar-refractivity contribution in [3.63, 3.8) is 0 Å². The van der Waals surface area contributed by atoms with E-state index in [1.165, 1.54) is 14.0 Å². The lowest BCUT2D eigenvalue weighted by atomic mass is 10.1. The summed E-state index contributed by atoms with van der Waals surface area (Å²) in [5, 5.41) is 3.41. The van der Waals surface area contributed by atoms with Crippen LogP contribution >= 0.6 is 0 Å². The zero-order chi connectivity index (χ0) is 10.6. The van der Waals surface area contributed by atoms with Crippen molar-refractivity contribution in [3.05, 3.63) is 34.2 Å². The summed E-state index contributed by atoms with van der Waals surface area (Å²) in [4.78, 5) is 13.8. The Morgan fingerprint density at radius 3 is 2.79 bits per heavy atom. The van der Waals surface area contributed by atoms with E-state index < -0.39 is 0 Å². The van der Waals surface area contributed by atoms with E-state index in [1.54, 1.807) is 18.2 Å². The molecule has 0 unspecified atom stereocenters. The minimum atomic E-state index is -0.161. The number of hydrogen-bond donors (Lipinski definition) is 0. The Morgan fingerprint density at radius 1 is 1.57 bits per heavy atom. The Labute approximate surface area is 80.9 Å². The number of carbonyl (C=O) groups is 1. The van der Waals surface area contributed by atoms with Crippen molar-refractivity contribution in [1.82, 2.24) is 0 Å². The Balaban J connectivity index is 3.30. The van der Waals surface area contributed by atoms with E-state index in [0.717, 1.165) is 0 Å². The number of rotatable bonds is 3. The summed E-state index contributed by atoms with van der Waals surface area (Å²) < 4.78 is 4.95. The Kier molecular flexibility index (Phi) is 3.09. The molecular weight excluding hydrogens is 182 g/mol. The SMILES string of the molecule is COc1ccc(N=[N+]=[N-])c(C(C)=O)c1. The first-order chi connectivity index (χ1) is 6.69. The molecule has 0 aromatic heterocycles. The molecule has 0 spiro atoms. The molecule has 0 fully saturated rings. The molecule has 1 rings (SSSR count). The van der Waals surface area contributed by atoms with Crippen molar-refractivity contribution in [2.24, 2.45) is 5.11 Å². The fourth-order valence-electron chi connectivity index (χ4n) is 1.06. The van der Waals surface area contributed by atoms with Gasteiger partial charge in [-0.1, -0.05) is 5.11 Å². The summed E-state index contributed by atoms with van der Waals surface area (Å²) in [6.45, 7) is 1.41. The molecule has 0 N–H and O–H groups in total. The van der Waals surface area contributed by atoms with Gasteiger partial charge in [0.25, 0.3) is 0 Å². The smallest absolute Gasteiger partial charge is 0.160 e. The van der Waals surface area contributed by atoms with Crippen LogP contribution in [-0.4, -0.2) is 12.9 Å². The van der Waals surface area contributed by atoms with Crippen LogP contribution in [0.3, 0.4) is 0 Å². The summed E-state index contributed by atoms with van der Waals surface area (Å²) in [6, 6.07) is 4.73. The molecule has 5 nitrogen and oxygen atoms in total. The minimum absolute atomic E-state index is 0.161. The predicted molar refractivity (Wildman–Crippen MR) is 51.8 cm³/mol. The zero-order valence-electron chi connectivity index (χ0n) is 7.89. The third-order valence-corrected chi connectivity index (χ3v) is 1.74. The third-order valence-electron chi connectivity index (χ3n) is 1.74. The van der Waals surface area contributed by atoms with E-state index in [9.17, 15) is 4.79 Å². The summed E-state index contributed by atoms with van der Waals surface area (Å²) >= 11 is 0. The van der Waals surface area contributed by atoms with Crippen LogP contribution in [0.2, 0.25) is 0 Å². The topological polar surface area (TPSA) is 75.1 Å². The van der Waals surface area contributed by atoms with Crippen LogP contribution in [-0.2, 0) is 0 Å². The molecule has 0 amide bonds. The third kappa shape index (κ3) is 2.02. The lowest BCUT2D eigenvalue weighted by molar-refractivity contribution is 0.101. The van der Waals surface area contributed by atoms with Crippen molar-refractivity contribution >= 4 is 11.5 Å². The van der Waals surface area contributed by atoms with Gasteiger partial charge >= 0.3 is 0 Å². The quantitative estimate of drug-likeness (QED) is 0.319. The van der Waals surface area contributed by atoms with Gasteiger partial charge in [0, 0.05) is 16.2 Å². The van der Waals surface area contributed by atoms with Crippen LogP contribution in [0.5, 0.6) is 5.75 Å². The van der Waals surface area contributed by atoms with Gasteiger partial charge in [-0.25, -0.2) is 0 Å². The lowest BCUT2D eigenvalue weighted by Crippen LogP contribution is -1.93. The van der Waals surface area contributed by atoms with Crippen LogP contribution in [0.15, 0.2) is 23.3 Å². The van der Waals surface area contributed by atoms with Gasteiger partial charge < -0.3 is 4.74 Å².